The van der Waals surface area contributed by atoms with E-state index in [9.17, 15) is 4.79 Å². The summed E-state index contributed by atoms with van der Waals surface area (Å²) in [7, 11) is 1.60. The van der Waals surface area contributed by atoms with E-state index in [0.29, 0.717) is 23.1 Å². The summed E-state index contributed by atoms with van der Waals surface area (Å²) in [4.78, 5) is 12.7. The van der Waals surface area contributed by atoms with Gasteiger partial charge in [-0.25, -0.2) is 0 Å². The lowest BCUT2D eigenvalue weighted by atomic mass is 9.92. The Morgan fingerprint density at radius 1 is 0.957 bits per heavy atom. The summed E-state index contributed by atoms with van der Waals surface area (Å²) in [6.45, 7) is 8.56. The summed E-state index contributed by atoms with van der Waals surface area (Å²) >= 11 is 0. The summed E-state index contributed by atoms with van der Waals surface area (Å²) in [5.41, 5.74) is 3.85. The van der Waals surface area contributed by atoms with E-state index in [0.717, 1.165) is 16.8 Å². The minimum absolute atomic E-state index is 0.112. The van der Waals surface area contributed by atoms with Gasteiger partial charge in [0.15, 0.2) is 0 Å². The topological polar surface area (TPSA) is 38.3 Å². The highest BCUT2D eigenvalue weighted by molar-refractivity contribution is 6.05. The van der Waals surface area contributed by atoms with Crippen molar-refractivity contribution < 1.29 is 9.53 Å². The number of hydrogen-bond donors (Lipinski definition) is 1. The second-order valence-electron chi connectivity index (χ2n) is 6.31. The molecular weight excluding hydrogens is 286 g/mol. The maximum absolute atomic E-state index is 12.7. The van der Waals surface area contributed by atoms with Crippen molar-refractivity contribution in [1.82, 2.24) is 0 Å². The Labute approximate surface area is 138 Å². The fourth-order valence-corrected chi connectivity index (χ4v) is 2.65. The second-order valence-corrected chi connectivity index (χ2v) is 6.31. The Balaban J connectivity index is 2.39. The predicted molar refractivity (Wildman–Crippen MR) is 95.6 cm³/mol. The SMILES string of the molecule is COc1cccc(C(=O)Nc2c(C(C)C)cccc2C(C)C)c1. The van der Waals surface area contributed by atoms with Crippen LogP contribution >= 0.6 is 0 Å². The lowest BCUT2D eigenvalue weighted by molar-refractivity contribution is 0.102. The Kier molecular flexibility index (Phi) is 5.43. The van der Waals surface area contributed by atoms with E-state index < -0.39 is 0 Å². The molecule has 2 rings (SSSR count). The zero-order valence-corrected chi connectivity index (χ0v) is 14.5. The fraction of sp³-hybridized carbons (Fsp3) is 0.350. The number of hydrogen-bond acceptors (Lipinski definition) is 2. The largest absolute Gasteiger partial charge is 0.497 e. The quantitative estimate of drug-likeness (QED) is 0.824. The van der Waals surface area contributed by atoms with Crippen LogP contribution in [0.5, 0.6) is 5.75 Å². The third kappa shape index (κ3) is 3.92. The van der Waals surface area contributed by atoms with Crippen molar-refractivity contribution in [2.45, 2.75) is 39.5 Å². The second kappa shape index (κ2) is 7.32. The van der Waals surface area contributed by atoms with Gasteiger partial charge in [-0.3, -0.25) is 4.79 Å². The van der Waals surface area contributed by atoms with Crippen LogP contribution in [0.25, 0.3) is 0 Å². The zero-order valence-electron chi connectivity index (χ0n) is 14.5. The number of carbonyl (C=O) groups excluding carboxylic acids is 1. The summed E-state index contributed by atoms with van der Waals surface area (Å²) in [5, 5.41) is 3.11. The summed E-state index contributed by atoms with van der Waals surface area (Å²) in [6, 6.07) is 13.4. The molecule has 0 saturated carbocycles. The molecule has 0 spiro atoms. The van der Waals surface area contributed by atoms with E-state index >= 15 is 0 Å². The first kappa shape index (κ1) is 17.1. The van der Waals surface area contributed by atoms with Gasteiger partial charge < -0.3 is 10.1 Å². The lowest BCUT2D eigenvalue weighted by Crippen LogP contribution is -2.16. The fourth-order valence-electron chi connectivity index (χ4n) is 2.65. The maximum Gasteiger partial charge on any atom is 0.255 e. The zero-order chi connectivity index (χ0) is 17.0. The van der Waals surface area contributed by atoms with E-state index in [4.69, 9.17) is 4.74 Å². The van der Waals surface area contributed by atoms with Gasteiger partial charge in [-0.1, -0.05) is 52.0 Å². The molecule has 3 heteroatoms. The molecular formula is C20H25NO2. The van der Waals surface area contributed by atoms with Gasteiger partial charge in [0.2, 0.25) is 0 Å². The van der Waals surface area contributed by atoms with Gasteiger partial charge in [0.1, 0.15) is 5.75 Å². The number of anilines is 1. The number of rotatable bonds is 5. The molecule has 0 saturated heterocycles. The summed E-state index contributed by atoms with van der Waals surface area (Å²) in [5.74, 6) is 1.25. The Bertz CT molecular complexity index is 664. The molecule has 0 atom stereocenters. The highest BCUT2D eigenvalue weighted by Crippen LogP contribution is 2.32. The van der Waals surface area contributed by atoms with Crippen molar-refractivity contribution in [2.75, 3.05) is 12.4 Å². The number of nitrogens with one attached hydrogen (secondary N) is 1. The normalized spacial score (nSPS) is 10.9. The van der Waals surface area contributed by atoms with Crippen LogP contribution < -0.4 is 10.1 Å². The highest BCUT2D eigenvalue weighted by Gasteiger charge is 2.17. The van der Waals surface area contributed by atoms with Crippen LogP contribution in [-0.4, -0.2) is 13.0 Å². The Hall–Kier alpha value is -2.29. The minimum Gasteiger partial charge on any atom is -0.497 e. The van der Waals surface area contributed by atoms with Gasteiger partial charge >= 0.3 is 0 Å². The first-order chi connectivity index (χ1) is 10.9. The predicted octanol–water partition coefficient (Wildman–Crippen LogP) is 5.19. The van der Waals surface area contributed by atoms with Gasteiger partial charge in [0, 0.05) is 11.3 Å². The first-order valence-electron chi connectivity index (χ1n) is 8.02. The number of benzene rings is 2. The van der Waals surface area contributed by atoms with Crippen LogP contribution in [0.4, 0.5) is 5.69 Å². The van der Waals surface area contributed by atoms with Gasteiger partial charge in [0.25, 0.3) is 5.91 Å². The number of amides is 1. The average Bonchev–Trinajstić information content (AvgIpc) is 2.54. The Morgan fingerprint density at radius 2 is 1.52 bits per heavy atom. The van der Waals surface area contributed by atoms with E-state index in [1.807, 2.05) is 12.1 Å². The average molecular weight is 311 g/mol. The van der Waals surface area contributed by atoms with Gasteiger partial charge in [-0.05, 0) is 41.2 Å². The van der Waals surface area contributed by atoms with Crippen LogP contribution in [0.3, 0.4) is 0 Å². The third-order valence-corrected chi connectivity index (χ3v) is 3.94. The summed E-state index contributed by atoms with van der Waals surface area (Å²) < 4.78 is 5.20. The number of para-hydroxylation sites is 1. The first-order valence-corrected chi connectivity index (χ1v) is 8.02. The van der Waals surface area contributed by atoms with Crippen LogP contribution in [0.15, 0.2) is 42.5 Å². The molecule has 0 bridgehead atoms. The molecule has 3 nitrogen and oxygen atoms in total. The summed E-state index contributed by atoms with van der Waals surface area (Å²) in [6.07, 6.45) is 0. The molecule has 23 heavy (non-hydrogen) atoms. The smallest absolute Gasteiger partial charge is 0.255 e. The van der Waals surface area contributed by atoms with Crippen molar-refractivity contribution in [2.24, 2.45) is 0 Å². The molecule has 0 aromatic heterocycles. The van der Waals surface area contributed by atoms with E-state index in [2.05, 4.69) is 51.2 Å². The maximum atomic E-state index is 12.7. The third-order valence-electron chi connectivity index (χ3n) is 3.94. The standard InChI is InChI=1S/C20H25NO2/c1-13(2)17-10-7-11-18(14(3)4)19(17)21-20(22)15-8-6-9-16(12-15)23-5/h6-14H,1-5H3,(H,21,22). The molecule has 1 N–H and O–H groups in total. The van der Waals surface area contributed by atoms with Crippen molar-refractivity contribution in [1.29, 1.82) is 0 Å². The van der Waals surface area contributed by atoms with E-state index in [1.165, 1.54) is 0 Å². The van der Waals surface area contributed by atoms with Gasteiger partial charge in [0.05, 0.1) is 7.11 Å². The molecule has 0 aliphatic heterocycles. The molecule has 0 radical (unpaired) electrons. The highest BCUT2D eigenvalue weighted by atomic mass is 16.5. The van der Waals surface area contributed by atoms with E-state index in [-0.39, 0.29) is 5.91 Å². The van der Waals surface area contributed by atoms with Gasteiger partial charge in [-0.15, -0.1) is 0 Å². The molecule has 0 unspecified atom stereocenters. The Morgan fingerprint density at radius 3 is 2.04 bits per heavy atom. The van der Waals surface area contributed by atoms with Crippen molar-refractivity contribution in [3.8, 4) is 5.75 Å². The van der Waals surface area contributed by atoms with Crippen molar-refractivity contribution in [3.05, 3.63) is 59.2 Å². The van der Waals surface area contributed by atoms with Crippen molar-refractivity contribution >= 4 is 11.6 Å². The molecule has 2 aromatic rings. The molecule has 0 aliphatic rings. The number of ether oxygens (including phenoxy) is 1. The molecule has 2 aromatic carbocycles. The van der Waals surface area contributed by atoms with Gasteiger partial charge in [-0.2, -0.15) is 0 Å². The van der Waals surface area contributed by atoms with Crippen LogP contribution in [-0.2, 0) is 0 Å². The molecule has 1 amide bonds. The lowest BCUT2D eigenvalue weighted by Gasteiger charge is -2.20. The molecule has 0 fully saturated rings. The molecule has 122 valence electrons. The van der Waals surface area contributed by atoms with E-state index in [1.54, 1.807) is 19.2 Å². The minimum atomic E-state index is -0.112. The number of methoxy groups -OCH3 is 1. The van der Waals surface area contributed by atoms with Crippen LogP contribution in [0, 0.1) is 0 Å². The number of carbonyl (C=O) groups is 1. The van der Waals surface area contributed by atoms with Crippen molar-refractivity contribution in [3.63, 3.8) is 0 Å². The monoisotopic (exact) mass is 311 g/mol. The molecule has 0 heterocycles. The molecule has 0 aliphatic carbocycles. The van der Waals surface area contributed by atoms with Crippen LogP contribution in [0.1, 0.15) is 61.0 Å². The van der Waals surface area contributed by atoms with Crippen LogP contribution in [0.2, 0.25) is 0 Å².